The third kappa shape index (κ3) is 3.75. The minimum atomic E-state index is -4.33. The van der Waals surface area contributed by atoms with Crippen molar-refractivity contribution in [2.45, 2.75) is 30.8 Å². The molecule has 0 atom stereocenters. The van der Waals surface area contributed by atoms with E-state index in [1.54, 1.807) is 53.5 Å². The van der Waals surface area contributed by atoms with Crippen molar-refractivity contribution in [1.82, 2.24) is 19.5 Å². The number of carbonyl (C=O) groups excluding carboxylic acids is 1. The van der Waals surface area contributed by atoms with E-state index in [2.05, 4.69) is 14.8 Å². The van der Waals surface area contributed by atoms with Crippen molar-refractivity contribution in [2.24, 2.45) is 0 Å². The molecule has 1 aliphatic heterocycles. The summed E-state index contributed by atoms with van der Waals surface area (Å²) in [6, 6.07) is 13.8. The van der Waals surface area contributed by atoms with Crippen LogP contribution in [0.4, 0.5) is 0 Å². The fraction of sp³-hybridized carbons (Fsp3) is 0.208. The zero-order valence-electron chi connectivity index (χ0n) is 18.8. The lowest BCUT2D eigenvalue weighted by molar-refractivity contribution is 0.0977. The van der Waals surface area contributed by atoms with Gasteiger partial charge >= 0.3 is 0 Å². The number of methoxy groups -OCH3 is 1. The Morgan fingerprint density at radius 1 is 1.15 bits per heavy atom. The zero-order valence-corrected chi connectivity index (χ0v) is 19.6. The largest absolute Gasteiger partial charge is 0.495 e. The highest BCUT2D eigenvalue weighted by molar-refractivity contribution is 7.90. The fourth-order valence-electron chi connectivity index (χ4n) is 4.12. The highest BCUT2D eigenvalue weighted by atomic mass is 32.2. The summed E-state index contributed by atoms with van der Waals surface area (Å²) in [6.07, 6.45) is 4.00. The number of nitrogens with one attached hydrogen (secondary N) is 1. The monoisotopic (exact) mass is 478 g/mol. The van der Waals surface area contributed by atoms with Crippen LogP contribution in [0, 0.1) is 0 Å². The van der Waals surface area contributed by atoms with Crippen LogP contribution >= 0.6 is 0 Å². The van der Waals surface area contributed by atoms with Crippen LogP contribution in [0.5, 0.6) is 11.5 Å². The number of amides is 1. The summed E-state index contributed by atoms with van der Waals surface area (Å²) in [7, 11) is -2.96. The maximum atomic E-state index is 13.3. The van der Waals surface area contributed by atoms with Gasteiger partial charge in [-0.25, -0.2) is 22.8 Å². The molecule has 0 bridgehead atoms. The number of carbonyl (C=O) groups is 1. The van der Waals surface area contributed by atoms with Crippen LogP contribution in [0.15, 0.2) is 65.8 Å². The Labute approximate surface area is 196 Å². The SMILES string of the molecule is COc1ccc2c(c1S(=O)(=O)NC(=O)c1ccc3c(-n4cccn4)cccc3n1)OC(C)(C)C2. The molecule has 0 saturated carbocycles. The van der Waals surface area contributed by atoms with Gasteiger partial charge in [0.15, 0.2) is 4.90 Å². The second-order valence-corrected chi connectivity index (χ2v) is 10.2. The maximum absolute atomic E-state index is 13.3. The van der Waals surface area contributed by atoms with Gasteiger partial charge < -0.3 is 9.47 Å². The van der Waals surface area contributed by atoms with Gasteiger partial charge in [0, 0.05) is 24.2 Å². The van der Waals surface area contributed by atoms with E-state index in [9.17, 15) is 13.2 Å². The van der Waals surface area contributed by atoms with Gasteiger partial charge in [0.05, 0.1) is 18.3 Å². The molecule has 0 spiro atoms. The van der Waals surface area contributed by atoms with Crippen molar-refractivity contribution in [3.05, 3.63) is 72.2 Å². The third-order valence-electron chi connectivity index (χ3n) is 5.56. The van der Waals surface area contributed by atoms with Gasteiger partial charge in [-0.15, -0.1) is 0 Å². The summed E-state index contributed by atoms with van der Waals surface area (Å²) in [5.41, 5.74) is 1.44. The second kappa shape index (κ2) is 7.84. The van der Waals surface area contributed by atoms with Crippen LogP contribution in [0.2, 0.25) is 0 Å². The number of sulfonamides is 1. The number of fused-ring (bicyclic) bond motifs is 2. The van der Waals surface area contributed by atoms with Gasteiger partial charge in [0.1, 0.15) is 22.8 Å². The lowest BCUT2D eigenvalue weighted by Crippen LogP contribution is -2.32. The normalized spacial score (nSPS) is 14.4. The lowest BCUT2D eigenvalue weighted by atomic mass is 10.0. The fourth-order valence-corrected chi connectivity index (χ4v) is 5.41. The lowest BCUT2D eigenvalue weighted by Gasteiger charge is -2.19. The first-order valence-corrected chi connectivity index (χ1v) is 12.0. The van der Waals surface area contributed by atoms with Gasteiger partial charge in [-0.05, 0) is 55.8 Å². The Morgan fingerprint density at radius 2 is 1.97 bits per heavy atom. The van der Waals surface area contributed by atoms with Crippen molar-refractivity contribution >= 4 is 26.8 Å². The molecule has 0 aliphatic carbocycles. The molecule has 174 valence electrons. The van der Waals surface area contributed by atoms with E-state index in [1.165, 1.54) is 13.2 Å². The molecule has 0 saturated heterocycles. The standard InChI is InChI=1S/C24H22N4O5S/c1-24(2)14-15-8-11-20(32-3)22(21(15)33-24)34(30,31)27-23(29)18-10-9-16-17(26-18)6-4-7-19(16)28-13-5-12-25-28/h4-13H,14H2,1-3H3,(H,27,29). The minimum absolute atomic E-state index is 0.0403. The number of pyridine rings is 1. The summed E-state index contributed by atoms with van der Waals surface area (Å²) >= 11 is 0. The van der Waals surface area contributed by atoms with E-state index < -0.39 is 21.5 Å². The van der Waals surface area contributed by atoms with Crippen molar-refractivity contribution in [3.8, 4) is 17.2 Å². The molecule has 1 amide bonds. The van der Waals surface area contributed by atoms with E-state index in [4.69, 9.17) is 9.47 Å². The van der Waals surface area contributed by atoms with E-state index in [0.29, 0.717) is 11.9 Å². The minimum Gasteiger partial charge on any atom is -0.495 e. The van der Waals surface area contributed by atoms with Crippen molar-refractivity contribution in [2.75, 3.05) is 7.11 Å². The van der Waals surface area contributed by atoms with Crippen LogP contribution in [0.3, 0.4) is 0 Å². The van der Waals surface area contributed by atoms with E-state index in [-0.39, 0.29) is 22.1 Å². The Kier molecular flexibility index (Phi) is 5.05. The summed E-state index contributed by atoms with van der Waals surface area (Å²) in [5.74, 6) is -0.574. The predicted molar refractivity (Wildman–Crippen MR) is 125 cm³/mol. The highest BCUT2D eigenvalue weighted by Gasteiger charge is 2.38. The van der Waals surface area contributed by atoms with Gasteiger partial charge in [-0.2, -0.15) is 5.10 Å². The number of hydrogen-bond donors (Lipinski definition) is 1. The number of rotatable bonds is 5. The van der Waals surface area contributed by atoms with Gasteiger partial charge in [-0.3, -0.25) is 4.79 Å². The summed E-state index contributed by atoms with van der Waals surface area (Å²) in [5, 5.41) is 5.01. The van der Waals surface area contributed by atoms with Gasteiger partial charge in [0.2, 0.25) is 0 Å². The van der Waals surface area contributed by atoms with E-state index in [1.807, 2.05) is 19.9 Å². The second-order valence-electron chi connectivity index (χ2n) is 8.55. The molecule has 4 aromatic rings. The zero-order chi connectivity index (χ0) is 24.1. The molecule has 10 heteroatoms. The van der Waals surface area contributed by atoms with E-state index >= 15 is 0 Å². The summed E-state index contributed by atoms with van der Waals surface area (Å²) in [6.45, 7) is 3.73. The predicted octanol–water partition coefficient (Wildman–Crippen LogP) is 3.26. The molecule has 3 heterocycles. The van der Waals surface area contributed by atoms with Crippen LogP contribution in [0.1, 0.15) is 29.9 Å². The van der Waals surface area contributed by atoms with Gasteiger partial charge in [0.25, 0.3) is 15.9 Å². The smallest absolute Gasteiger partial charge is 0.283 e. The van der Waals surface area contributed by atoms with Crippen LogP contribution in [-0.4, -0.2) is 41.8 Å². The first-order valence-electron chi connectivity index (χ1n) is 10.5. The first kappa shape index (κ1) is 21.9. The first-order chi connectivity index (χ1) is 16.2. The molecule has 2 aromatic heterocycles. The summed E-state index contributed by atoms with van der Waals surface area (Å²) in [4.78, 5) is 17.1. The average molecular weight is 479 g/mol. The Morgan fingerprint density at radius 3 is 2.71 bits per heavy atom. The molecule has 1 aliphatic rings. The van der Waals surface area contributed by atoms with Gasteiger partial charge in [-0.1, -0.05) is 12.1 Å². The Bertz CT molecular complexity index is 1530. The average Bonchev–Trinajstić information content (AvgIpc) is 3.43. The highest BCUT2D eigenvalue weighted by Crippen LogP contribution is 2.44. The molecule has 0 radical (unpaired) electrons. The Balaban J connectivity index is 1.50. The topological polar surface area (TPSA) is 112 Å². The third-order valence-corrected chi connectivity index (χ3v) is 6.94. The number of hydrogen-bond acceptors (Lipinski definition) is 7. The van der Waals surface area contributed by atoms with Crippen molar-refractivity contribution < 1.29 is 22.7 Å². The molecule has 1 N–H and O–H groups in total. The molecule has 2 aromatic carbocycles. The van der Waals surface area contributed by atoms with Crippen molar-refractivity contribution in [3.63, 3.8) is 0 Å². The summed E-state index contributed by atoms with van der Waals surface area (Å²) < 4.78 is 41.6. The molecular formula is C24H22N4O5S. The van der Waals surface area contributed by atoms with Crippen LogP contribution in [0.25, 0.3) is 16.6 Å². The maximum Gasteiger partial charge on any atom is 0.283 e. The molecule has 0 unspecified atom stereocenters. The molecule has 34 heavy (non-hydrogen) atoms. The van der Waals surface area contributed by atoms with Crippen molar-refractivity contribution in [1.29, 1.82) is 0 Å². The molecule has 0 fully saturated rings. The Hall–Kier alpha value is -3.92. The quantitative estimate of drug-likeness (QED) is 0.468. The number of nitrogens with zero attached hydrogens (tertiary/aromatic N) is 3. The number of aromatic nitrogens is 3. The van der Waals surface area contributed by atoms with Crippen LogP contribution in [-0.2, 0) is 16.4 Å². The molecule has 9 nitrogen and oxygen atoms in total. The van der Waals surface area contributed by atoms with E-state index in [0.717, 1.165) is 16.6 Å². The number of ether oxygens (including phenoxy) is 2. The molecule has 5 rings (SSSR count). The molecular weight excluding hydrogens is 456 g/mol. The van der Waals surface area contributed by atoms with Crippen LogP contribution < -0.4 is 14.2 Å². The number of benzene rings is 2.